The number of aliphatic hydroxyl groups excluding tert-OH is 6. The van der Waals surface area contributed by atoms with Crippen LogP contribution in [0.2, 0.25) is 0 Å². The van der Waals surface area contributed by atoms with Crippen LogP contribution < -0.4 is 55.9 Å². The molecule has 0 aromatic carbocycles. The molecule has 0 unspecified atom stereocenters. The standard InChI is InChI=1S/6CH4O.3ClHO4.Fe/c6*1-2;3*2-1(3,4)5;/h6*2H,1H3;3*(H,2,3,4,5);/q;;;;;;;;;+3/p-3. The van der Waals surface area contributed by atoms with Crippen LogP contribution in [0, 0.1) is 30.7 Å². The Hall–Kier alpha value is 0.669. The first-order valence-corrected chi connectivity index (χ1v) is 8.24. The van der Waals surface area contributed by atoms with E-state index in [-0.39, 0.29) is 17.1 Å². The van der Waals surface area contributed by atoms with Crippen molar-refractivity contribution in [3.8, 4) is 0 Å². The van der Waals surface area contributed by atoms with Crippen molar-refractivity contribution in [2.75, 3.05) is 42.7 Å². The van der Waals surface area contributed by atoms with Gasteiger partial charge in [0.2, 0.25) is 0 Å². The summed E-state index contributed by atoms with van der Waals surface area (Å²) in [5.74, 6) is 0. The molecule has 0 saturated carbocycles. The van der Waals surface area contributed by atoms with Crippen LogP contribution in [-0.2, 0) is 17.1 Å². The average molecular weight is 546 g/mol. The third-order valence-corrected chi connectivity index (χ3v) is 0. The normalized spacial score (nSPS) is 7.71. The predicted octanol–water partition coefficient (Wildman–Crippen LogP) is -16.6. The fourth-order valence-electron chi connectivity index (χ4n) is 0. The zero-order chi connectivity index (χ0) is 25.5. The molecular formula is C6H24Cl3FeO18. The molecule has 0 aliphatic rings. The third kappa shape index (κ3) is 39200. The van der Waals surface area contributed by atoms with E-state index in [9.17, 15) is 0 Å². The van der Waals surface area contributed by atoms with Crippen molar-refractivity contribution in [3.63, 3.8) is 0 Å². The zero-order valence-corrected chi connectivity index (χ0v) is 18.4. The van der Waals surface area contributed by atoms with Crippen LogP contribution in [0.1, 0.15) is 0 Å². The third-order valence-electron chi connectivity index (χ3n) is 0. The Morgan fingerprint density at radius 3 is 0.286 bits per heavy atom. The van der Waals surface area contributed by atoms with Crippen molar-refractivity contribution in [1.82, 2.24) is 0 Å². The molecule has 0 bridgehead atoms. The number of halogens is 3. The SMILES string of the molecule is CO.CO.CO.CO.CO.CO.[Fe+3].[O-][Cl+3]([O-])([O-])[O-].[O-][Cl+3]([O-])([O-])[O-].[O-][Cl+3]([O-])([O-])[O-]. The van der Waals surface area contributed by atoms with E-state index in [1.807, 2.05) is 0 Å². The molecular weight excluding hydrogens is 522 g/mol. The van der Waals surface area contributed by atoms with Gasteiger partial charge < -0.3 is 30.6 Å². The van der Waals surface area contributed by atoms with Crippen LogP contribution in [0.4, 0.5) is 0 Å². The molecule has 6 N–H and O–H groups in total. The largest absolute Gasteiger partial charge is 3.00 e. The minimum atomic E-state index is -4.94. The summed E-state index contributed by atoms with van der Waals surface area (Å²) in [4.78, 5) is 0. The fourth-order valence-corrected chi connectivity index (χ4v) is 0. The van der Waals surface area contributed by atoms with Crippen molar-refractivity contribution in [1.29, 1.82) is 0 Å². The van der Waals surface area contributed by atoms with E-state index >= 15 is 0 Å². The molecule has 28 heavy (non-hydrogen) atoms. The van der Waals surface area contributed by atoms with Gasteiger partial charge in [-0.1, -0.05) is 0 Å². The van der Waals surface area contributed by atoms with E-state index in [4.69, 9.17) is 86.5 Å². The molecule has 0 atom stereocenters. The van der Waals surface area contributed by atoms with Crippen LogP contribution in [0.5, 0.6) is 0 Å². The Kier molecular flexibility index (Phi) is 127. The maximum absolute atomic E-state index is 8.49. The monoisotopic (exact) mass is 545 g/mol. The maximum Gasteiger partial charge on any atom is 3.00 e. The van der Waals surface area contributed by atoms with Crippen LogP contribution in [-0.4, -0.2) is 73.3 Å². The second-order valence-corrected chi connectivity index (χ2v) is 3.40. The first kappa shape index (κ1) is 63.0. The van der Waals surface area contributed by atoms with Gasteiger partial charge in [-0.25, -0.2) is 55.9 Å². The molecule has 185 valence electrons. The summed E-state index contributed by atoms with van der Waals surface area (Å²) in [6, 6.07) is 0. The maximum atomic E-state index is 8.49. The molecule has 0 aliphatic carbocycles. The van der Waals surface area contributed by atoms with Gasteiger partial charge in [-0.15, -0.1) is 30.7 Å². The first-order valence-electron chi connectivity index (χ1n) is 4.53. The smallest absolute Gasteiger partial charge is 0.400 e. The van der Waals surface area contributed by atoms with Gasteiger partial charge in [0.1, 0.15) is 0 Å². The Morgan fingerprint density at radius 2 is 0.286 bits per heavy atom. The van der Waals surface area contributed by atoms with Crippen LogP contribution in [0.15, 0.2) is 0 Å². The second kappa shape index (κ2) is 56.5. The Bertz CT molecular complexity index is 114. The summed E-state index contributed by atoms with van der Waals surface area (Å²) in [7, 11) is -8.83. The van der Waals surface area contributed by atoms with Gasteiger partial charge in [0, 0.05) is 42.7 Å². The molecule has 0 saturated heterocycles. The van der Waals surface area contributed by atoms with E-state index < -0.39 is 30.7 Å². The molecule has 22 heteroatoms. The summed E-state index contributed by atoms with van der Waals surface area (Å²) in [6.45, 7) is 0. The molecule has 0 aromatic rings. The van der Waals surface area contributed by atoms with Gasteiger partial charge in [0.15, 0.2) is 0 Å². The average Bonchev–Trinajstić information content (AvgIpc) is 2.54. The van der Waals surface area contributed by atoms with Crippen molar-refractivity contribution in [3.05, 3.63) is 0 Å². The van der Waals surface area contributed by atoms with Crippen molar-refractivity contribution in [2.24, 2.45) is 0 Å². The summed E-state index contributed by atoms with van der Waals surface area (Å²) in [6.07, 6.45) is 0. The van der Waals surface area contributed by atoms with Crippen LogP contribution >= 0.6 is 0 Å². The molecule has 0 amide bonds. The van der Waals surface area contributed by atoms with E-state index in [0.717, 1.165) is 42.7 Å². The minimum absolute atomic E-state index is 0. The Labute approximate surface area is 177 Å². The predicted molar refractivity (Wildman–Crippen MR) is 48.9 cm³/mol. The molecule has 0 rings (SSSR count). The number of hydrogen-bond donors (Lipinski definition) is 6. The van der Waals surface area contributed by atoms with E-state index in [0.29, 0.717) is 0 Å². The van der Waals surface area contributed by atoms with Gasteiger partial charge in [-0.05, 0) is 0 Å². The molecule has 0 fully saturated rings. The van der Waals surface area contributed by atoms with Gasteiger partial charge in [0.05, 0.1) is 0 Å². The molecule has 0 spiro atoms. The van der Waals surface area contributed by atoms with Gasteiger partial charge in [-0.2, -0.15) is 0 Å². The van der Waals surface area contributed by atoms with Crippen LogP contribution in [0.25, 0.3) is 0 Å². The number of hydrogen-bond acceptors (Lipinski definition) is 18. The first-order chi connectivity index (χ1) is 12.0. The number of aliphatic hydroxyl groups is 6. The molecule has 1 radical (unpaired) electrons. The molecule has 0 heterocycles. The van der Waals surface area contributed by atoms with Gasteiger partial charge >= 0.3 is 17.1 Å². The van der Waals surface area contributed by atoms with E-state index in [1.165, 1.54) is 0 Å². The molecule has 0 aromatic heterocycles. The topological polar surface area (TPSA) is 398 Å². The number of rotatable bonds is 0. The van der Waals surface area contributed by atoms with Crippen molar-refractivity contribution >= 4 is 0 Å². The Morgan fingerprint density at radius 1 is 0.286 bits per heavy atom. The summed E-state index contributed by atoms with van der Waals surface area (Å²) in [5.41, 5.74) is 0. The summed E-state index contributed by atoms with van der Waals surface area (Å²) in [5, 5.41) is 42.0. The zero-order valence-electron chi connectivity index (χ0n) is 15.1. The van der Waals surface area contributed by atoms with E-state index in [2.05, 4.69) is 0 Å². The minimum Gasteiger partial charge on any atom is -0.400 e. The van der Waals surface area contributed by atoms with E-state index in [1.54, 1.807) is 0 Å². The second-order valence-electron chi connectivity index (χ2n) is 1.13. The van der Waals surface area contributed by atoms with Crippen LogP contribution in [0.3, 0.4) is 0 Å². The summed E-state index contributed by atoms with van der Waals surface area (Å²) < 4.78 is 102. The summed E-state index contributed by atoms with van der Waals surface area (Å²) >= 11 is 0. The van der Waals surface area contributed by atoms with Crippen molar-refractivity contribution in [2.45, 2.75) is 0 Å². The quantitative estimate of drug-likeness (QED) is 0.153. The van der Waals surface area contributed by atoms with Crippen molar-refractivity contribution < 1.29 is 134 Å². The molecule has 0 aliphatic heterocycles. The van der Waals surface area contributed by atoms with Gasteiger partial charge in [-0.3, -0.25) is 0 Å². The fraction of sp³-hybridized carbons (Fsp3) is 1.00. The molecule has 18 nitrogen and oxygen atoms in total. The Balaban J connectivity index is -0.0000000169. The van der Waals surface area contributed by atoms with Gasteiger partial charge in [0.25, 0.3) is 0 Å².